The maximum Gasteiger partial charge on any atom is 0.264 e. The van der Waals surface area contributed by atoms with Crippen molar-refractivity contribution in [3.05, 3.63) is 47.7 Å². The van der Waals surface area contributed by atoms with Crippen LogP contribution in [0.15, 0.2) is 46.3 Å². The van der Waals surface area contributed by atoms with Crippen LogP contribution in [0.4, 0.5) is 5.69 Å². The monoisotopic (exact) mass is 446 g/mol. The lowest BCUT2D eigenvalue weighted by molar-refractivity contribution is -0.117. The van der Waals surface area contributed by atoms with Crippen molar-refractivity contribution in [2.45, 2.75) is 43.0 Å². The molecule has 0 atom stereocenters. The number of aromatic nitrogens is 1. The minimum absolute atomic E-state index is 0.0465. The highest BCUT2D eigenvalue weighted by Gasteiger charge is 2.15. The molecule has 30 heavy (non-hydrogen) atoms. The van der Waals surface area contributed by atoms with E-state index < -0.39 is 15.9 Å². The summed E-state index contributed by atoms with van der Waals surface area (Å²) in [4.78, 5) is 27.6. The summed E-state index contributed by atoms with van der Waals surface area (Å²) in [6, 6.07) is 11.1. The Kier molecular flexibility index (Phi) is 8.38. The first-order valence-corrected chi connectivity index (χ1v) is 11.7. The van der Waals surface area contributed by atoms with Crippen LogP contribution < -0.4 is 10.0 Å². The Labute approximate surface area is 180 Å². The van der Waals surface area contributed by atoms with Gasteiger partial charge in [0.05, 0.1) is 16.2 Å². The fourth-order valence-corrected chi connectivity index (χ4v) is 4.25. The van der Waals surface area contributed by atoms with Crippen molar-refractivity contribution in [2.75, 3.05) is 11.1 Å². The van der Waals surface area contributed by atoms with E-state index in [4.69, 9.17) is 0 Å². The molecule has 2 aromatic rings. The second kappa shape index (κ2) is 10.8. The number of unbranched alkanes of at least 4 members (excludes halogenated alkanes) is 1. The van der Waals surface area contributed by atoms with E-state index in [0.29, 0.717) is 16.3 Å². The smallest absolute Gasteiger partial charge is 0.264 e. The number of rotatable bonds is 9. The van der Waals surface area contributed by atoms with Crippen molar-refractivity contribution in [1.82, 2.24) is 9.71 Å². The summed E-state index contributed by atoms with van der Waals surface area (Å²) < 4.78 is 25.7. The van der Waals surface area contributed by atoms with Gasteiger partial charge in [0, 0.05) is 18.3 Å². The molecule has 0 spiro atoms. The quantitative estimate of drug-likeness (QED) is 0.567. The van der Waals surface area contributed by atoms with E-state index in [0.717, 1.165) is 31.9 Å². The molecular weight excluding hydrogens is 424 g/mol. The molecule has 0 saturated heterocycles. The Balaban J connectivity index is 2.00. The van der Waals surface area contributed by atoms with Crippen LogP contribution in [0.25, 0.3) is 0 Å². The number of anilines is 1. The standard InChI is InChI=1S/C20H22N4O4S2/c1-3-4-5-16-7-6-15(12-21)20(23-16)29-13-19(26)22-17-8-10-18(11-9-17)30(27,28)24-14(2)25/h6-11H,3-5,13H2,1-2H3,(H,22,26)(H,24,25). The van der Waals surface area contributed by atoms with E-state index in [1.807, 2.05) is 10.8 Å². The van der Waals surface area contributed by atoms with Gasteiger partial charge in [-0.05, 0) is 49.2 Å². The minimum atomic E-state index is -3.92. The number of amides is 2. The lowest BCUT2D eigenvalue weighted by Gasteiger charge is -2.09. The molecule has 0 aliphatic rings. The van der Waals surface area contributed by atoms with E-state index >= 15 is 0 Å². The number of sulfonamides is 1. The molecule has 0 aliphatic heterocycles. The highest BCUT2D eigenvalue weighted by molar-refractivity contribution is 8.00. The number of nitrogens with zero attached hydrogens (tertiary/aromatic N) is 2. The molecule has 10 heteroatoms. The van der Waals surface area contributed by atoms with Crippen LogP contribution >= 0.6 is 11.8 Å². The number of carbonyl (C=O) groups is 2. The average molecular weight is 447 g/mol. The van der Waals surface area contributed by atoms with Crippen molar-refractivity contribution in [2.24, 2.45) is 0 Å². The number of pyridine rings is 1. The molecule has 0 radical (unpaired) electrons. The molecule has 0 unspecified atom stereocenters. The van der Waals surface area contributed by atoms with Gasteiger partial charge < -0.3 is 5.32 Å². The summed E-state index contributed by atoms with van der Waals surface area (Å²) in [5.41, 5.74) is 1.71. The predicted molar refractivity (Wildman–Crippen MR) is 114 cm³/mol. The summed E-state index contributed by atoms with van der Waals surface area (Å²) in [6.45, 7) is 3.20. The fourth-order valence-electron chi connectivity index (χ4n) is 2.47. The predicted octanol–water partition coefficient (Wildman–Crippen LogP) is 2.85. The second-order valence-electron chi connectivity index (χ2n) is 6.39. The van der Waals surface area contributed by atoms with Crippen molar-refractivity contribution < 1.29 is 18.0 Å². The molecule has 0 aliphatic carbocycles. The Bertz CT molecular complexity index is 1060. The fraction of sp³-hybridized carbons (Fsp3) is 0.300. The van der Waals surface area contributed by atoms with Gasteiger partial charge in [0.1, 0.15) is 11.1 Å². The molecule has 1 aromatic carbocycles. The Morgan fingerprint density at radius 3 is 2.47 bits per heavy atom. The zero-order valence-electron chi connectivity index (χ0n) is 16.6. The first-order valence-electron chi connectivity index (χ1n) is 9.21. The molecule has 2 N–H and O–H groups in total. The van der Waals surface area contributed by atoms with Crippen LogP contribution in [0.1, 0.15) is 37.9 Å². The normalized spacial score (nSPS) is 10.8. The molecule has 0 bridgehead atoms. The van der Waals surface area contributed by atoms with Crippen molar-refractivity contribution in [3.8, 4) is 6.07 Å². The van der Waals surface area contributed by atoms with Gasteiger partial charge in [0.25, 0.3) is 10.0 Å². The Morgan fingerprint density at radius 2 is 1.87 bits per heavy atom. The van der Waals surface area contributed by atoms with E-state index in [1.54, 1.807) is 6.07 Å². The van der Waals surface area contributed by atoms with Gasteiger partial charge in [0.2, 0.25) is 11.8 Å². The average Bonchev–Trinajstić information content (AvgIpc) is 2.70. The number of carbonyl (C=O) groups excluding carboxylic acids is 2. The third-order valence-electron chi connectivity index (χ3n) is 3.89. The SMILES string of the molecule is CCCCc1ccc(C#N)c(SCC(=O)Nc2ccc(S(=O)(=O)NC(C)=O)cc2)n1. The first kappa shape index (κ1) is 23.4. The molecule has 0 saturated carbocycles. The number of thioether (sulfide) groups is 1. The van der Waals surface area contributed by atoms with E-state index in [2.05, 4.69) is 23.3 Å². The zero-order chi connectivity index (χ0) is 22.1. The van der Waals surface area contributed by atoms with Crippen LogP contribution in [-0.4, -0.2) is 31.0 Å². The summed E-state index contributed by atoms with van der Waals surface area (Å²) in [7, 11) is -3.92. The first-order chi connectivity index (χ1) is 14.2. The molecular formula is C20H22N4O4S2. The molecule has 158 valence electrons. The topological polar surface area (TPSA) is 129 Å². The molecule has 8 nitrogen and oxygen atoms in total. The van der Waals surface area contributed by atoms with E-state index in [-0.39, 0.29) is 16.6 Å². The van der Waals surface area contributed by atoms with Crippen molar-refractivity contribution in [3.63, 3.8) is 0 Å². The number of aryl methyl sites for hydroxylation is 1. The van der Waals surface area contributed by atoms with Crippen molar-refractivity contribution >= 4 is 39.3 Å². The highest BCUT2D eigenvalue weighted by Crippen LogP contribution is 2.22. The number of hydrogen-bond acceptors (Lipinski definition) is 7. The number of hydrogen-bond donors (Lipinski definition) is 2. The Hall–Kier alpha value is -2.90. The van der Waals surface area contributed by atoms with E-state index in [9.17, 15) is 23.3 Å². The zero-order valence-corrected chi connectivity index (χ0v) is 18.3. The molecule has 1 aromatic heterocycles. The molecule has 2 amide bonds. The largest absolute Gasteiger partial charge is 0.325 e. The summed E-state index contributed by atoms with van der Waals surface area (Å²) in [6.07, 6.45) is 2.85. The van der Waals surface area contributed by atoms with Crippen LogP contribution in [0, 0.1) is 11.3 Å². The van der Waals surface area contributed by atoms with Crippen LogP contribution in [0.2, 0.25) is 0 Å². The Morgan fingerprint density at radius 1 is 1.17 bits per heavy atom. The minimum Gasteiger partial charge on any atom is -0.325 e. The van der Waals surface area contributed by atoms with Gasteiger partial charge in [-0.15, -0.1) is 0 Å². The highest BCUT2D eigenvalue weighted by atomic mass is 32.2. The maximum absolute atomic E-state index is 12.3. The van der Waals surface area contributed by atoms with Crippen LogP contribution in [-0.2, 0) is 26.0 Å². The number of benzene rings is 1. The second-order valence-corrected chi connectivity index (χ2v) is 9.04. The summed E-state index contributed by atoms with van der Waals surface area (Å²) in [5, 5.41) is 12.4. The summed E-state index contributed by atoms with van der Waals surface area (Å²) >= 11 is 1.17. The lowest BCUT2D eigenvalue weighted by Crippen LogP contribution is -2.28. The van der Waals surface area contributed by atoms with Gasteiger partial charge in [-0.1, -0.05) is 25.1 Å². The summed E-state index contributed by atoms with van der Waals surface area (Å²) in [5.74, 6) is -0.958. The van der Waals surface area contributed by atoms with E-state index in [1.165, 1.54) is 36.0 Å². The number of nitrogens with one attached hydrogen (secondary N) is 2. The third kappa shape index (κ3) is 6.86. The van der Waals surface area contributed by atoms with Crippen LogP contribution in [0.3, 0.4) is 0 Å². The molecule has 1 heterocycles. The van der Waals surface area contributed by atoms with Gasteiger partial charge in [0.15, 0.2) is 0 Å². The third-order valence-corrected chi connectivity index (χ3v) is 6.33. The van der Waals surface area contributed by atoms with Gasteiger partial charge >= 0.3 is 0 Å². The molecule has 0 fully saturated rings. The van der Waals surface area contributed by atoms with Crippen LogP contribution in [0.5, 0.6) is 0 Å². The van der Waals surface area contributed by atoms with Gasteiger partial charge in [-0.3, -0.25) is 9.59 Å². The van der Waals surface area contributed by atoms with Crippen molar-refractivity contribution in [1.29, 1.82) is 5.26 Å². The van der Waals surface area contributed by atoms with Gasteiger partial charge in [-0.25, -0.2) is 18.1 Å². The van der Waals surface area contributed by atoms with Gasteiger partial charge in [-0.2, -0.15) is 5.26 Å². The maximum atomic E-state index is 12.3. The number of nitriles is 1. The lowest BCUT2D eigenvalue weighted by atomic mass is 10.2. The molecule has 2 rings (SSSR count).